The van der Waals surface area contributed by atoms with Crippen molar-refractivity contribution in [3.8, 4) is 0 Å². The van der Waals surface area contributed by atoms with E-state index in [0.717, 1.165) is 32.4 Å². The Hall–Kier alpha value is -0.570. The summed E-state index contributed by atoms with van der Waals surface area (Å²) >= 11 is 0. The van der Waals surface area contributed by atoms with Crippen LogP contribution in [-0.2, 0) is 4.79 Å². The van der Waals surface area contributed by atoms with Crippen molar-refractivity contribution < 1.29 is 9.90 Å². The minimum Gasteiger partial charge on any atom is -0.481 e. The first-order valence-corrected chi connectivity index (χ1v) is 5.64. The summed E-state index contributed by atoms with van der Waals surface area (Å²) in [6.45, 7) is 6.51. The van der Waals surface area contributed by atoms with E-state index in [-0.39, 0.29) is 0 Å². The third-order valence-electron chi connectivity index (χ3n) is 3.29. The topological polar surface area (TPSA) is 40.5 Å². The molecule has 0 spiro atoms. The fourth-order valence-corrected chi connectivity index (χ4v) is 2.66. The Morgan fingerprint density at radius 1 is 1.50 bits per heavy atom. The van der Waals surface area contributed by atoms with E-state index in [1.807, 2.05) is 0 Å². The minimum absolute atomic E-state index is 0.342. The van der Waals surface area contributed by atoms with Crippen LogP contribution < -0.4 is 0 Å². The summed E-state index contributed by atoms with van der Waals surface area (Å²) in [5.74, 6) is -0.280. The van der Waals surface area contributed by atoms with Crippen LogP contribution >= 0.6 is 0 Å². The van der Waals surface area contributed by atoms with Gasteiger partial charge in [0, 0.05) is 12.5 Å². The van der Waals surface area contributed by atoms with Gasteiger partial charge < -0.3 is 10.0 Å². The molecular weight excluding hydrogens is 178 g/mol. The molecule has 0 aromatic heterocycles. The number of carboxylic acids is 1. The smallest absolute Gasteiger partial charge is 0.303 e. The summed E-state index contributed by atoms with van der Waals surface area (Å²) < 4.78 is 0. The molecule has 0 radical (unpaired) electrons. The molecule has 3 nitrogen and oxygen atoms in total. The van der Waals surface area contributed by atoms with E-state index in [4.69, 9.17) is 5.11 Å². The largest absolute Gasteiger partial charge is 0.481 e. The zero-order chi connectivity index (χ0) is 10.6. The number of rotatable bonds is 4. The van der Waals surface area contributed by atoms with Crippen LogP contribution in [-0.4, -0.2) is 35.1 Å². The van der Waals surface area contributed by atoms with Gasteiger partial charge in [-0.2, -0.15) is 0 Å². The third kappa shape index (κ3) is 2.71. The van der Waals surface area contributed by atoms with Crippen LogP contribution in [0.1, 0.15) is 39.5 Å². The number of likely N-dealkylation sites (tertiary alicyclic amines) is 1. The number of hydrogen-bond donors (Lipinski definition) is 1. The van der Waals surface area contributed by atoms with Crippen LogP contribution in [0.25, 0.3) is 0 Å². The molecule has 0 unspecified atom stereocenters. The number of carbonyl (C=O) groups is 1. The average Bonchev–Trinajstić information content (AvgIpc) is 2.16. The number of piperidine rings is 1. The molecular formula is C11H21NO2. The van der Waals surface area contributed by atoms with Crippen molar-refractivity contribution >= 4 is 5.97 Å². The molecule has 82 valence electrons. The van der Waals surface area contributed by atoms with E-state index in [0.29, 0.717) is 18.4 Å². The van der Waals surface area contributed by atoms with Crippen LogP contribution in [0, 0.1) is 5.92 Å². The van der Waals surface area contributed by atoms with Gasteiger partial charge in [0.2, 0.25) is 0 Å². The summed E-state index contributed by atoms with van der Waals surface area (Å²) in [4.78, 5) is 13.1. The molecule has 3 heteroatoms. The van der Waals surface area contributed by atoms with E-state index in [2.05, 4.69) is 18.7 Å². The molecule has 0 aliphatic carbocycles. The molecule has 1 fully saturated rings. The Kier molecular flexibility index (Phi) is 4.39. The van der Waals surface area contributed by atoms with Crippen LogP contribution in [0.3, 0.4) is 0 Å². The van der Waals surface area contributed by atoms with Crippen LogP contribution in [0.15, 0.2) is 0 Å². The van der Waals surface area contributed by atoms with Gasteiger partial charge in [0.05, 0.1) is 0 Å². The second-order valence-electron chi connectivity index (χ2n) is 4.10. The summed E-state index contributed by atoms with van der Waals surface area (Å²) in [5, 5.41) is 8.82. The lowest BCUT2D eigenvalue weighted by atomic mass is 9.85. The van der Waals surface area contributed by atoms with Crippen LogP contribution in [0.2, 0.25) is 0 Å². The predicted molar refractivity (Wildman–Crippen MR) is 56.3 cm³/mol. The second kappa shape index (κ2) is 5.35. The van der Waals surface area contributed by atoms with Gasteiger partial charge in [0.1, 0.15) is 0 Å². The van der Waals surface area contributed by atoms with E-state index >= 15 is 0 Å². The lowest BCUT2D eigenvalue weighted by Crippen LogP contribution is -2.45. The molecule has 2 atom stereocenters. The van der Waals surface area contributed by atoms with Crippen LogP contribution in [0.4, 0.5) is 0 Å². The third-order valence-corrected chi connectivity index (χ3v) is 3.29. The van der Waals surface area contributed by atoms with E-state index in [1.54, 1.807) is 0 Å². The molecule has 0 bridgehead atoms. The fraction of sp³-hybridized carbons (Fsp3) is 0.909. The summed E-state index contributed by atoms with van der Waals surface area (Å²) in [6, 6.07) is 0.491. The lowest BCUT2D eigenvalue weighted by molar-refractivity contribution is -0.139. The van der Waals surface area contributed by atoms with Gasteiger partial charge in [-0.3, -0.25) is 4.79 Å². The van der Waals surface area contributed by atoms with Crippen molar-refractivity contribution in [1.29, 1.82) is 0 Å². The van der Waals surface area contributed by atoms with E-state index in [9.17, 15) is 4.79 Å². The van der Waals surface area contributed by atoms with Gasteiger partial charge in [-0.15, -0.1) is 0 Å². The molecule has 1 N–H and O–H groups in total. The molecule has 1 heterocycles. The monoisotopic (exact) mass is 199 g/mol. The normalized spacial score (nSPS) is 29.0. The van der Waals surface area contributed by atoms with Crippen molar-refractivity contribution in [2.24, 2.45) is 5.92 Å². The van der Waals surface area contributed by atoms with Crippen molar-refractivity contribution in [3.05, 3.63) is 0 Å². The number of nitrogens with zero attached hydrogens (tertiary/aromatic N) is 1. The van der Waals surface area contributed by atoms with Gasteiger partial charge in [-0.25, -0.2) is 0 Å². The molecule has 14 heavy (non-hydrogen) atoms. The van der Waals surface area contributed by atoms with Crippen molar-refractivity contribution in [1.82, 2.24) is 4.90 Å². The quantitative estimate of drug-likeness (QED) is 0.752. The maximum Gasteiger partial charge on any atom is 0.303 e. The summed E-state index contributed by atoms with van der Waals surface area (Å²) in [5.41, 5.74) is 0. The SMILES string of the molecule is CC[C@@H]1[C@@H](CC(=O)O)CCCN1CC. The molecule has 0 aromatic rings. The molecule has 0 aromatic carbocycles. The number of carboxylic acid groups (broad SMARTS) is 1. The molecule has 1 aliphatic rings. The first-order valence-electron chi connectivity index (χ1n) is 5.64. The molecule has 1 rings (SSSR count). The summed E-state index contributed by atoms with van der Waals surface area (Å²) in [6.07, 6.45) is 3.66. The second-order valence-corrected chi connectivity index (χ2v) is 4.10. The molecule has 0 saturated carbocycles. The van der Waals surface area contributed by atoms with E-state index < -0.39 is 5.97 Å². The minimum atomic E-state index is -0.647. The maximum atomic E-state index is 10.7. The van der Waals surface area contributed by atoms with Gasteiger partial charge >= 0.3 is 5.97 Å². The highest BCUT2D eigenvalue weighted by Crippen LogP contribution is 2.28. The zero-order valence-corrected chi connectivity index (χ0v) is 9.20. The Balaban J connectivity index is 2.58. The first kappa shape index (κ1) is 11.5. The lowest BCUT2D eigenvalue weighted by Gasteiger charge is -2.40. The standard InChI is InChI=1S/C11H21NO2/c1-3-10-9(8-11(13)14)6-5-7-12(10)4-2/h9-10H,3-8H2,1-2H3,(H,13,14)/t9-,10-/m1/s1. The first-order chi connectivity index (χ1) is 6.69. The Labute approximate surface area is 86.1 Å². The maximum absolute atomic E-state index is 10.7. The Morgan fingerprint density at radius 3 is 2.71 bits per heavy atom. The molecule has 1 aliphatic heterocycles. The van der Waals surface area contributed by atoms with Gasteiger partial charge in [0.15, 0.2) is 0 Å². The molecule has 0 amide bonds. The Morgan fingerprint density at radius 2 is 2.21 bits per heavy atom. The van der Waals surface area contributed by atoms with Crippen molar-refractivity contribution in [3.63, 3.8) is 0 Å². The van der Waals surface area contributed by atoms with Crippen LogP contribution in [0.5, 0.6) is 0 Å². The summed E-state index contributed by atoms with van der Waals surface area (Å²) in [7, 11) is 0. The fourth-order valence-electron chi connectivity index (χ4n) is 2.66. The highest BCUT2D eigenvalue weighted by molar-refractivity contribution is 5.67. The molecule has 1 saturated heterocycles. The average molecular weight is 199 g/mol. The van der Waals surface area contributed by atoms with E-state index in [1.165, 1.54) is 0 Å². The number of hydrogen-bond acceptors (Lipinski definition) is 2. The van der Waals surface area contributed by atoms with Gasteiger partial charge in [-0.1, -0.05) is 13.8 Å². The van der Waals surface area contributed by atoms with Gasteiger partial charge in [-0.05, 0) is 38.3 Å². The highest BCUT2D eigenvalue weighted by Gasteiger charge is 2.30. The highest BCUT2D eigenvalue weighted by atomic mass is 16.4. The van der Waals surface area contributed by atoms with Gasteiger partial charge in [0.25, 0.3) is 0 Å². The van der Waals surface area contributed by atoms with Crippen molar-refractivity contribution in [2.75, 3.05) is 13.1 Å². The Bertz CT molecular complexity index is 194. The zero-order valence-electron chi connectivity index (χ0n) is 9.20. The number of aliphatic carboxylic acids is 1. The predicted octanol–water partition coefficient (Wildman–Crippen LogP) is 1.97. The van der Waals surface area contributed by atoms with Crippen molar-refractivity contribution in [2.45, 2.75) is 45.6 Å².